The molecule has 1 saturated heterocycles. The number of β-amino-alcohol motifs (C(OH)–C–C–N with tert-alkyl or cyclic N) is 1. The highest BCUT2D eigenvalue weighted by Crippen LogP contribution is 2.36. The van der Waals surface area contributed by atoms with Gasteiger partial charge in [-0.3, -0.25) is 4.90 Å². The fourth-order valence-electron chi connectivity index (χ4n) is 2.57. The summed E-state index contributed by atoms with van der Waals surface area (Å²) in [6.07, 6.45) is -3.53. The van der Waals surface area contributed by atoms with Crippen LogP contribution < -0.4 is 4.90 Å². The Morgan fingerprint density at radius 2 is 1.80 bits per heavy atom. The van der Waals surface area contributed by atoms with Gasteiger partial charge < -0.3 is 10.0 Å². The van der Waals surface area contributed by atoms with Crippen LogP contribution in [0.5, 0.6) is 0 Å². The van der Waals surface area contributed by atoms with E-state index < -0.39 is 11.7 Å². The summed E-state index contributed by atoms with van der Waals surface area (Å²) in [7, 11) is 0. The van der Waals surface area contributed by atoms with Crippen molar-refractivity contribution in [3.05, 3.63) is 29.8 Å². The van der Waals surface area contributed by atoms with Gasteiger partial charge in [0.15, 0.2) is 0 Å². The average Bonchev–Trinajstić information content (AvgIpc) is 2.64. The minimum atomic E-state index is -4.33. The smallest absolute Gasteiger partial charge is 0.395 e. The van der Waals surface area contributed by atoms with Gasteiger partial charge in [-0.25, -0.2) is 0 Å². The molecule has 0 bridgehead atoms. The Morgan fingerprint density at radius 1 is 1.05 bits per heavy atom. The first-order valence-corrected chi connectivity index (χ1v) is 6.77. The van der Waals surface area contributed by atoms with Gasteiger partial charge in [0.1, 0.15) is 0 Å². The maximum absolute atomic E-state index is 13.0. The molecule has 2 rings (SSSR count). The summed E-state index contributed by atoms with van der Waals surface area (Å²) in [4.78, 5) is 3.87. The maximum atomic E-state index is 13.0. The topological polar surface area (TPSA) is 26.7 Å². The third kappa shape index (κ3) is 3.64. The Hall–Kier alpha value is -1.27. The van der Waals surface area contributed by atoms with Crippen LogP contribution in [0.1, 0.15) is 12.0 Å². The highest BCUT2D eigenvalue weighted by atomic mass is 19.4. The SMILES string of the molecule is OCCN1CCCN(c2ccccc2C(F)(F)F)CC1. The number of aliphatic hydroxyl groups excluding tert-OH is 1. The number of anilines is 1. The molecule has 1 aliphatic heterocycles. The van der Waals surface area contributed by atoms with Crippen molar-refractivity contribution >= 4 is 5.69 Å². The molecule has 1 fully saturated rings. The average molecular weight is 288 g/mol. The van der Waals surface area contributed by atoms with Gasteiger partial charge in [0.2, 0.25) is 0 Å². The second-order valence-electron chi connectivity index (χ2n) is 4.92. The number of halogens is 3. The molecule has 1 aliphatic rings. The zero-order valence-electron chi connectivity index (χ0n) is 11.2. The predicted octanol–water partition coefficient (Wildman–Crippen LogP) is 2.21. The Kier molecular flexibility index (Phi) is 4.88. The summed E-state index contributed by atoms with van der Waals surface area (Å²) >= 11 is 0. The van der Waals surface area contributed by atoms with Crippen LogP contribution in [0.2, 0.25) is 0 Å². The van der Waals surface area contributed by atoms with Gasteiger partial charge in [0.05, 0.1) is 12.2 Å². The van der Waals surface area contributed by atoms with Crippen molar-refractivity contribution in [3.8, 4) is 0 Å². The van der Waals surface area contributed by atoms with E-state index in [1.54, 1.807) is 11.0 Å². The molecule has 1 aromatic rings. The molecule has 0 radical (unpaired) electrons. The highest BCUT2D eigenvalue weighted by molar-refractivity contribution is 5.55. The predicted molar refractivity (Wildman–Crippen MR) is 71.8 cm³/mol. The minimum absolute atomic E-state index is 0.0825. The molecular formula is C14H19F3N2O. The number of benzene rings is 1. The van der Waals surface area contributed by atoms with E-state index in [-0.39, 0.29) is 12.3 Å². The van der Waals surface area contributed by atoms with Gasteiger partial charge in [0.25, 0.3) is 0 Å². The summed E-state index contributed by atoms with van der Waals surface area (Å²) in [5, 5.41) is 8.94. The number of hydrogen-bond donors (Lipinski definition) is 1. The minimum Gasteiger partial charge on any atom is -0.395 e. The summed E-state index contributed by atoms with van der Waals surface area (Å²) in [5.74, 6) is 0. The van der Waals surface area contributed by atoms with Crippen molar-refractivity contribution in [1.82, 2.24) is 4.90 Å². The Bertz CT molecular complexity index is 437. The molecule has 0 amide bonds. The fourth-order valence-corrected chi connectivity index (χ4v) is 2.57. The molecule has 112 valence electrons. The van der Waals surface area contributed by atoms with Crippen LogP contribution in [0, 0.1) is 0 Å². The Balaban J connectivity index is 2.16. The largest absolute Gasteiger partial charge is 0.418 e. The van der Waals surface area contributed by atoms with E-state index in [0.29, 0.717) is 26.2 Å². The van der Waals surface area contributed by atoms with Crippen LogP contribution in [0.15, 0.2) is 24.3 Å². The number of aliphatic hydroxyl groups is 1. The van der Waals surface area contributed by atoms with Gasteiger partial charge in [-0.15, -0.1) is 0 Å². The number of nitrogens with zero attached hydrogens (tertiary/aromatic N) is 2. The Labute approximate surface area is 116 Å². The van der Waals surface area contributed by atoms with Gasteiger partial charge >= 0.3 is 6.18 Å². The van der Waals surface area contributed by atoms with Crippen molar-refractivity contribution in [2.75, 3.05) is 44.2 Å². The lowest BCUT2D eigenvalue weighted by Crippen LogP contribution is -2.33. The second-order valence-corrected chi connectivity index (χ2v) is 4.92. The molecule has 1 heterocycles. The lowest BCUT2D eigenvalue weighted by molar-refractivity contribution is -0.137. The zero-order valence-corrected chi connectivity index (χ0v) is 11.2. The van der Waals surface area contributed by atoms with E-state index in [1.165, 1.54) is 12.1 Å². The molecule has 0 spiro atoms. The molecule has 1 N–H and O–H groups in total. The van der Waals surface area contributed by atoms with E-state index in [2.05, 4.69) is 4.90 Å². The molecule has 0 aromatic heterocycles. The molecule has 3 nitrogen and oxygen atoms in total. The van der Waals surface area contributed by atoms with Crippen molar-refractivity contribution in [1.29, 1.82) is 0 Å². The lowest BCUT2D eigenvalue weighted by atomic mass is 10.1. The normalized spacial score (nSPS) is 18.1. The van der Waals surface area contributed by atoms with E-state index in [4.69, 9.17) is 5.11 Å². The van der Waals surface area contributed by atoms with E-state index >= 15 is 0 Å². The van der Waals surface area contributed by atoms with Gasteiger partial charge in [-0.1, -0.05) is 12.1 Å². The first-order valence-electron chi connectivity index (χ1n) is 6.77. The summed E-state index contributed by atoms with van der Waals surface area (Å²) in [5.41, 5.74) is -0.318. The fraction of sp³-hybridized carbons (Fsp3) is 0.571. The molecule has 0 saturated carbocycles. The van der Waals surface area contributed by atoms with Crippen LogP contribution in [-0.4, -0.2) is 49.3 Å². The quantitative estimate of drug-likeness (QED) is 0.924. The first kappa shape index (κ1) is 15.1. The monoisotopic (exact) mass is 288 g/mol. The third-order valence-corrected chi connectivity index (χ3v) is 3.55. The number of alkyl halides is 3. The molecule has 1 aromatic carbocycles. The Morgan fingerprint density at radius 3 is 2.50 bits per heavy atom. The number of hydrogen-bond acceptors (Lipinski definition) is 3. The van der Waals surface area contributed by atoms with Crippen molar-refractivity contribution in [2.45, 2.75) is 12.6 Å². The summed E-state index contributed by atoms with van der Waals surface area (Å²) in [6, 6.07) is 5.72. The second kappa shape index (κ2) is 6.45. The van der Waals surface area contributed by atoms with Gasteiger partial charge in [-0.05, 0) is 25.1 Å². The van der Waals surface area contributed by atoms with E-state index in [0.717, 1.165) is 19.0 Å². The van der Waals surface area contributed by atoms with Crippen LogP contribution in [0.25, 0.3) is 0 Å². The molecular weight excluding hydrogens is 269 g/mol. The zero-order chi connectivity index (χ0) is 14.6. The molecule has 0 unspecified atom stereocenters. The first-order chi connectivity index (χ1) is 9.52. The van der Waals surface area contributed by atoms with Crippen molar-refractivity contribution in [3.63, 3.8) is 0 Å². The molecule has 0 aliphatic carbocycles. The summed E-state index contributed by atoms with van der Waals surface area (Å²) < 4.78 is 39.1. The standard InChI is InChI=1S/C14H19F3N2O/c15-14(16,17)12-4-1-2-5-13(12)19-7-3-6-18(8-9-19)10-11-20/h1-2,4-5,20H,3,6-11H2. The van der Waals surface area contributed by atoms with Gasteiger partial charge in [-0.2, -0.15) is 13.2 Å². The summed E-state index contributed by atoms with van der Waals surface area (Å²) in [6.45, 7) is 3.30. The third-order valence-electron chi connectivity index (χ3n) is 3.55. The molecule has 0 atom stereocenters. The van der Waals surface area contributed by atoms with Crippen LogP contribution in [0.4, 0.5) is 18.9 Å². The van der Waals surface area contributed by atoms with E-state index in [1.807, 2.05) is 0 Å². The van der Waals surface area contributed by atoms with Crippen molar-refractivity contribution < 1.29 is 18.3 Å². The molecule has 6 heteroatoms. The number of rotatable bonds is 3. The van der Waals surface area contributed by atoms with Crippen molar-refractivity contribution in [2.24, 2.45) is 0 Å². The van der Waals surface area contributed by atoms with Crippen LogP contribution in [0.3, 0.4) is 0 Å². The highest BCUT2D eigenvalue weighted by Gasteiger charge is 2.34. The van der Waals surface area contributed by atoms with Crippen LogP contribution >= 0.6 is 0 Å². The number of para-hydroxylation sites is 1. The molecule has 20 heavy (non-hydrogen) atoms. The van der Waals surface area contributed by atoms with E-state index in [9.17, 15) is 13.2 Å². The van der Waals surface area contributed by atoms with Gasteiger partial charge in [0, 0.05) is 31.9 Å². The maximum Gasteiger partial charge on any atom is 0.418 e. The lowest BCUT2D eigenvalue weighted by Gasteiger charge is -2.26. The van der Waals surface area contributed by atoms with Crippen LogP contribution in [-0.2, 0) is 6.18 Å².